The summed E-state index contributed by atoms with van der Waals surface area (Å²) in [7, 11) is 0. The van der Waals surface area contributed by atoms with E-state index >= 15 is 0 Å². The van der Waals surface area contributed by atoms with Crippen LogP contribution in [0.1, 0.15) is 6.92 Å². The highest BCUT2D eigenvalue weighted by molar-refractivity contribution is 7.16. The lowest BCUT2D eigenvalue weighted by Crippen LogP contribution is -1.98. The third-order valence-corrected chi connectivity index (χ3v) is 2.67. The summed E-state index contributed by atoms with van der Waals surface area (Å²) in [4.78, 5) is 14.9. The summed E-state index contributed by atoms with van der Waals surface area (Å²) in [5, 5.41) is 1.38. The van der Waals surface area contributed by atoms with Crippen molar-refractivity contribution in [1.29, 1.82) is 0 Å². The second-order valence-electron chi connectivity index (χ2n) is 2.94. The molecule has 0 unspecified atom stereocenters. The molecule has 0 amide bonds. The van der Waals surface area contributed by atoms with Crippen molar-refractivity contribution in [3.63, 3.8) is 0 Å². The van der Waals surface area contributed by atoms with E-state index in [0.29, 0.717) is 5.06 Å². The molecule has 0 atom stereocenters. The molecule has 1 aromatic heterocycles. The van der Waals surface area contributed by atoms with E-state index in [0.717, 1.165) is 10.6 Å². The maximum Gasteiger partial charge on any atom is 0.308 e. The highest BCUT2D eigenvalue weighted by atomic mass is 35.5. The number of carbonyl (C=O) groups is 1. The van der Waals surface area contributed by atoms with Crippen LogP contribution in [0.3, 0.4) is 0 Å². The van der Waals surface area contributed by atoms with E-state index in [1.165, 1.54) is 18.3 Å². The first-order chi connectivity index (χ1) is 7.25. The summed E-state index contributed by atoms with van der Waals surface area (Å²) in [5.41, 5.74) is 1.03. The maximum atomic E-state index is 10.7. The minimum atomic E-state index is -0.321. The fourth-order valence-corrected chi connectivity index (χ4v) is 1.98. The minimum absolute atomic E-state index is 0. The van der Waals surface area contributed by atoms with Gasteiger partial charge in [0.25, 0.3) is 0 Å². The molecular formula is C11H10ClNO2S. The highest BCUT2D eigenvalue weighted by Gasteiger charge is 2.06. The van der Waals surface area contributed by atoms with Crippen molar-refractivity contribution in [2.24, 2.45) is 0 Å². The number of benzene rings is 1. The summed E-state index contributed by atoms with van der Waals surface area (Å²) in [6.45, 7) is 1.38. The van der Waals surface area contributed by atoms with Gasteiger partial charge in [0, 0.05) is 12.5 Å². The number of halogens is 1. The van der Waals surface area contributed by atoms with Crippen LogP contribution in [0, 0.1) is 0 Å². The van der Waals surface area contributed by atoms with Crippen molar-refractivity contribution in [2.75, 3.05) is 0 Å². The molecule has 0 aliphatic carbocycles. The lowest BCUT2D eigenvalue weighted by atomic mass is 10.2. The Morgan fingerprint density at radius 2 is 2.00 bits per heavy atom. The Morgan fingerprint density at radius 3 is 2.62 bits per heavy atom. The van der Waals surface area contributed by atoms with Crippen LogP contribution >= 0.6 is 23.7 Å². The van der Waals surface area contributed by atoms with Gasteiger partial charge in [0.2, 0.25) is 5.06 Å². The minimum Gasteiger partial charge on any atom is -0.414 e. The highest BCUT2D eigenvalue weighted by Crippen LogP contribution is 2.29. The second kappa shape index (κ2) is 5.63. The van der Waals surface area contributed by atoms with Crippen molar-refractivity contribution < 1.29 is 9.53 Å². The van der Waals surface area contributed by atoms with Gasteiger partial charge in [0.15, 0.2) is 0 Å². The number of rotatable bonds is 2. The van der Waals surface area contributed by atoms with Gasteiger partial charge < -0.3 is 4.74 Å². The van der Waals surface area contributed by atoms with Crippen molar-refractivity contribution in [1.82, 2.24) is 4.98 Å². The molecule has 0 aliphatic rings. The summed E-state index contributed by atoms with van der Waals surface area (Å²) < 4.78 is 4.93. The zero-order valence-corrected chi connectivity index (χ0v) is 10.2. The first-order valence-electron chi connectivity index (χ1n) is 4.45. The van der Waals surface area contributed by atoms with Crippen LogP contribution in [0.4, 0.5) is 0 Å². The molecule has 16 heavy (non-hydrogen) atoms. The molecule has 0 saturated heterocycles. The third-order valence-electron chi connectivity index (χ3n) is 1.75. The van der Waals surface area contributed by atoms with Gasteiger partial charge in [-0.2, -0.15) is 0 Å². The normalized spacial score (nSPS) is 9.31. The van der Waals surface area contributed by atoms with Crippen molar-refractivity contribution in [3.8, 4) is 15.6 Å². The van der Waals surface area contributed by atoms with Gasteiger partial charge in [-0.15, -0.1) is 12.4 Å². The first kappa shape index (κ1) is 12.7. The number of thiazole rings is 1. The molecule has 2 aromatic rings. The van der Waals surface area contributed by atoms with Crippen molar-refractivity contribution in [2.45, 2.75) is 6.92 Å². The molecule has 5 heteroatoms. The smallest absolute Gasteiger partial charge is 0.308 e. The molecule has 0 spiro atoms. The predicted octanol–water partition coefficient (Wildman–Crippen LogP) is 3.16. The third kappa shape index (κ3) is 3.05. The summed E-state index contributed by atoms with van der Waals surface area (Å²) in [5.74, 6) is -0.321. The predicted molar refractivity (Wildman–Crippen MR) is 66.1 cm³/mol. The SMILES string of the molecule is CC(=O)Oc1cnc(-c2ccccc2)s1.Cl. The molecule has 3 nitrogen and oxygen atoms in total. The Kier molecular flexibility index (Phi) is 4.46. The summed E-state index contributed by atoms with van der Waals surface area (Å²) in [6.07, 6.45) is 1.56. The Labute approximate surface area is 104 Å². The molecule has 0 bridgehead atoms. The molecule has 84 valence electrons. The van der Waals surface area contributed by atoms with Gasteiger partial charge >= 0.3 is 5.97 Å². The van der Waals surface area contributed by atoms with Crippen LogP contribution in [0.2, 0.25) is 0 Å². The monoisotopic (exact) mass is 255 g/mol. The van der Waals surface area contributed by atoms with E-state index in [2.05, 4.69) is 4.98 Å². The number of esters is 1. The lowest BCUT2D eigenvalue weighted by Gasteiger charge is -1.94. The zero-order valence-electron chi connectivity index (χ0n) is 8.54. The largest absolute Gasteiger partial charge is 0.414 e. The lowest BCUT2D eigenvalue weighted by molar-refractivity contribution is -0.131. The van der Waals surface area contributed by atoms with Gasteiger partial charge in [-0.1, -0.05) is 41.7 Å². The number of ether oxygens (including phenoxy) is 1. The van der Waals surface area contributed by atoms with E-state index in [4.69, 9.17) is 4.74 Å². The van der Waals surface area contributed by atoms with Crippen LogP contribution in [-0.2, 0) is 4.79 Å². The average molecular weight is 256 g/mol. The molecule has 1 heterocycles. The van der Waals surface area contributed by atoms with Crippen LogP contribution < -0.4 is 4.74 Å². The van der Waals surface area contributed by atoms with Gasteiger partial charge in [-0.3, -0.25) is 4.79 Å². The average Bonchev–Trinajstić information content (AvgIpc) is 2.67. The standard InChI is InChI=1S/C11H9NO2S.ClH/c1-8(13)14-10-7-12-11(15-10)9-5-3-2-4-6-9;/h2-7H,1H3;1H. The molecule has 0 aliphatic heterocycles. The number of aromatic nitrogens is 1. The quantitative estimate of drug-likeness (QED) is 0.774. The van der Waals surface area contributed by atoms with Gasteiger partial charge in [-0.25, -0.2) is 4.98 Å². The van der Waals surface area contributed by atoms with Gasteiger partial charge in [0.1, 0.15) is 5.01 Å². The molecule has 0 radical (unpaired) electrons. The topological polar surface area (TPSA) is 39.2 Å². The Bertz CT molecular complexity index is 470. The summed E-state index contributed by atoms with van der Waals surface area (Å²) in [6, 6.07) is 9.78. The van der Waals surface area contributed by atoms with E-state index in [1.54, 1.807) is 6.20 Å². The van der Waals surface area contributed by atoms with E-state index in [-0.39, 0.29) is 18.4 Å². The summed E-state index contributed by atoms with van der Waals surface area (Å²) >= 11 is 1.36. The number of nitrogens with zero attached hydrogens (tertiary/aromatic N) is 1. The molecule has 1 aromatic carbocycles. The second-order valence-corrected chi connectivity index (χ2v) is 3.94. The van der Waals surface area contributed by atoms with Crippen LogP contribution in [0.5, 0.6) is 5.06 Å². The number of hydrogen-bond donors (Lipinski definition) is 0. The van der Waals surface area contributed by atoms with Gasteiger partial charge in [0.05, 0.1) is 6.20 Å². The maximum absolute atomic E-state index is 10.7. The van der Waals surface area contributed by atoms with Crippen LogP contribution in [0.25, 0.3) is 10.6 Å². The van der Waals surface area contributed by atoms with E-state index in [1.807, 2.05) is 30.3 Å². The van der Waals surface area contributed by atoms with Gasteiger partial charge in [-0.05, 0) is 0 Å². The Hall–Kier alpha value is -1.39. The van der Waals surface area contributed by atoms with Crippen LogP contribution in [0.15, 0.2) is 36.5 Å². The fraction of sp³-hybridized carbons (Fsp3) is 0.0909. The van der Waals surface area contributed by atoms with Crippen molar-refractivity contribution >= 4 is 29.7 Å². The Morgan fingerprint density at radius 1 is 1.31 bits per heavy atom. The molecule has 0 N–H and O–H groups in total. The molecule has 0 saturated carbocycles. The van der Waals surface area contributed by atoms with E-state index < -0.39 is 0 Å². The van der Waals surface area contributed by atoms with Crippen LogP contribution in [-0.4, -0.2) is 11.0 Å². The van der Waals surface area contributed by atoms with E-state index in [9.17, 15) is 4.79 Å². The fourth-order valence-electron chi connectivity index (χ4n) is 1.16. The first-order valence-corrected chi connectivity index (χ1v) is 5.27. The number of hydrogen-bond acceptors (Lipinski definition) is 4. The van der Waals surface area contributed by atoms with Crippen molar-refractivity contribution in [3.05, 3.63) is 36.5 Å². The molecular weight excluding hydrogens is 246 g/mol. The molecule has 2 rings (SSSR count). The molecule has 0 fully saturated rings. The number of carbonyl (C=O) groups excluding carboxylic acids is 1. The zero-order chi connectivity index (χ0) is 10.7. The Balaban J connectivity index is 0.00000128.